The van der Waals surface area contributed by atoms with Crippen molar-refractivity contribution in [2.24, 2.45) is 5.92 Å². The summed E-state index contributed by atoms with van der Waals surface area (Å²) >= 11 is 6.17. The van der Waals surface area contributed by atoms with Gasteiger partial charge in [0.2, 0.25) is 5.91 Å². The number of pyridine rings is 1. The fourth-order valence-corrected chi connectivity index (χ4v) is 4.42. The Labute approximate surface area is 205 Å². The first-order valence-corrected chi connectivity index (χ1v) is 12.0. The molecule has 4 rings (SSSR count). The zero-order chi connectivity index (χ0) is 23.8. The summed E-state index contributed by atoms with van der Waals surface area (Å²) in [4.78, 5) is 20.4. The lowest BCUT2D eigenvalue weighted by Gasteiger charge is -2.35. The zero-order valence-electron chi connectivity index (χ0n) is 19.3. The highest BCUT2D eigenvalue weighted by Crippen LogP contribution is 2.31. The quantitative estimate of drug-likeness (QED) is 0.480. The molecule has 1 aromatic heterocycles. The van der Waals surface area contributed by atoms with E-state index in [1.165, 1.54) is 0 Å². The molecule has 1 saturated heterocycles. The number of piperidine rings is 1. The van der Waals surface area contributed by atoms with Gasteiger partial charge in [-0.2, -0.15) is 0 Å². The number of nitrogens with zero attached hydrogens (tertiary/aromatic N) is 2. The summed E-state index contributed by atoms with van der Waals surface area (Å²) in [6.45, 7) is 2.49. The van der Waals surface area contributed by atoms with E-state index < -0.39 is 0 Å². The van der Waals surface area contributed by atoms with Gasteiger partial charge in [0.1, 0.15) is 18.1 Å². The number of hydrogen-bond donors (Lipinski definition) is 1. The first-order chi connectivity index (χ1) is 16.7. The van der Waals surface area contributed by atoms with Crippen LogP contribution in [0.5, 0.6) is 11.5 Å². The molecule has 1 aliphatic rings. The van der Waals surface area contributed by atoms with Crippen molar-refractivity contribution in [1.82, 2.24) is 15.2 Å². The van der Waals surface area contributed by atoms with Crippen LogP contribution in [0.3, 0.4) is 0 Å². The van der Waals surface area contributed by atoms with Crippen LogP contribution in [0.15, 0.2) is 72.9 Å². The highest BCUT2D eigenvalue weighted by Gasteiger charge is 2.33. The minimum atomic E-state index is -0.333. The average Bonchev–Trinajstić information content (AvgIpc) is 2.90. The maximum atomic E-state index is 13.9. The highest BCUT2D eigenvalue weighted by molar-refractivity contribution is 6.30. The molecule has 0 spiro atoms. The van der Waals surface area contributed by atoms with Crippen LogP contribution in [0.1, 0.15) is 30.1 Å². The molecule has 6 nitrogen and oxygen atoms in total. The van der Waals surface area contributed by atoms with E-state index >= 15 is 0 Å². The first-order valence-electron chi connectivity index (χ1n) is 11.6. The molecule has 0 bridgehead atoms. The van der Waals surface area contributed by atoms with E-state index in [0.717, 1.165) is 48.7 Å². The van der Waals surface area contributed by atoms with E-state index in [1.807, 2.05) is 71.6 Å². The third-order valence-electron chi connectivity index (χ3n) is 6.10. The maximum Gasteiger partial charge on any atom is 0.226 e. The molecule has 2 aromatic carbocycles. The summed E-state index contributed by atoms with van der Waals surface area (Å²) in [6.07, 6.45) is 3.41. The second-order valence-electron chi connectivity index (χ2n) is 8.29. The molecular weight excluding hydrogens is 450 g/mol. The van der Waals surface area contributed by atoms with Crippen LogP contribution in [0.4, 0.5) is 0 Å². The third kappa shape index (κ3) is 6.07. The van der Waals surface area contributed by atoms with Gasteiger partial charge in [-0.15, -0.1) is 0 Å². The Balaban J connectivity index is 1.61. The number of carbonyl (C=O) groups excluding carboxylic acids is 1. The second kappa shape index (κ2) is 11.9. The fraction of sp³-hybridized carbons (Fsp3) is 0.333. The van der Waals surface area contributed by atoms with Gasteiger partial charge in [0.05, 0.1) is 25.4 Å². The number of carbonyl (C=O) groups is 1. The van der Waals surface area contributed by atoms with E-state index in [-0.39, 0.29) is 17.9 Å². The molecule has 0 aliphatic carbocycles. The number of halogens is 1. The van der Waals surface area contributed by atoms with Gasteiger partial charge in [-0.25, -0.2) is 0 Å². The lowest BCUT2D eigenvalue weighted by atomic mass is 9.93. The van der Waals surface area contributed by atoms with Gasteiger partial charge in [0.15, 0.2) is 0 Å². The van der Waals surface area contributed by atoms with Crippen LogP contribution >= 0.6 is 11.6 Å². The lowest BCUT2D eigenvalue weighted by Crippen LogP contribution is -2.45. The van der Waals surface area contributed by atoms with Crippen molar-refractivity contribution in [1.29, 1.82) is 0 Å². The molecule has 0 radical (unpaired) electrons. The Morgan fingerprint density at radius 3 is 2.41 bits per heavy atom. The summed E-state index contributed by atoms with van der Waals surface area (Å²) in [7, 11) is 1.63. The van der Waals surface area contributed by atoms with E-state index in [2.05, 4.69) is 10.3 Å². The molecule has 1 N–H and O–H groups in total. The minimum absolute atomic E-state index is 0.0271. The second-order valence-corrected chi connectivity index (χ2v) is 8.73. The molecule has 0 saturated carbocycles. The SMILES string of the molecule is COc1ccc(OCCN(C(=O)C2CCNCC2)[C@@H](c2ccc(Cl)cc2)c2ccccn2)cc1. The predicted molar refractivity (Wildman–Crippen MR) is 133 cm³/mol. The maximum absolute atomic E-state index is 13.9. The number of nitrogens with one attached hydrogen (secondary N) is 1. The molecule has 34 heavy (non-hydrogen) atoms. The normalized spacial score (nSPS) is 14.9. The molecule has 1 fully saturated rings. The van der Waals surface area contributed by atoms with Crippen molar-refractivity contribution in [3.63, 3.8) is 0 Å². The number of methoxy groups -OCH3 is 1. The standard InChI is InChI=1S/C27H30ClN3O3/c1-33-23-9-11-24(12-10-23)34-19-18-31(27(32)21-13-16-29-17-14-21)26(25-4-2-3-15-30-25)20-5-7-22(28)8-6-20/h2-12,15,21,26,29H,13-14,16-19H2,1H3/t26-/m0/s1. The number of rotatable bonds is 9. The number of aromatic nitrogens is 1. The predicted octanol–water partition coefficient (Wildman–Crippen LogP) is 4.74. The van der Waals surface area contributed by atoms with Crippen LogP contribution in [0, 0.1) is 5.92 Å². The van der Waals surface area contributed by atoms with Crippen LogP contribution in [0.2, 0.25) is 5.02 Å². The van der Waals surface area contributed by atoms with Crippen LogP contribution in [0.25, 0.3) is 0 Å². The Hall–Kier alpha value is -3.09. The van der Waals surface area contributed by atoms with Gasteiger partial charge in [-0.3, -0.25) is 9.78 Å². The molecule has 2 heterocycles. The van der Waals surface area contributed by atoms with Gasteiger partial charge in [0.25, 0.3) is 0 Å². The molecule has 1 atom stereocenters. The van der Waals surface area contributed by atoms with Crippen LogP contribution in [-0.4, -0.2) is 49.1 Å². The van der Waals surface area contributed by atoms with E-state index in [9.17, 15) is 4.79 Å². The Morgan fingerprint density at radius 2 is 1.76 bits per heavy atom. The van der Waals surface area contributed by atoms with Gasteiger partial charge in [0, 0.05) is 17.1 Å². The molecule has 3 aromatic rings. The zero-order valence-corrected chi connectivity index (χ0v) is 20.1. The van der Waals surface area contributed by atoms with Crippen molar-refractivity contribution < 1.29 is 14.3 Å². The fourth-order valence-electron chi connectivity index (χ4n) is 4.30. The van der Waals surface area contributed by atoms with Crippen molar-refractivity contribution in [3.8, 4) is 11.5 Å². The third-order valence-corrected chi connectivity index (χ3v) is 6.35. The molecule has 0 unspecified atom stereocenters. The van der Waals surface area contributed by atoms with Crippen LogP contribution in [-0.2, 0) is 4.79 Å². The van der Waals surface area contributed by atoms with Crippen molar-refractivity contribution in [3.05, 3.63) is 89.2 Å². The Kier molecular flexibility index (Phi) is 8.39. The summed E-state index contributed by atoms with van der Waals surface area (Å²) in [5.74, 6) is 1.61. The molecule has 178 valence electrons. The van der Waals surface area contributed by atoms with Gasteiger partial charge >= 0.3 is 0 Å². The largest absolute Gasteiger partial charge is 0.497 e. The average molecular weight is 480 g/mol. The Morgan fingerprint density at radius 1 is 1.06 bits per heavy atom. The summed E-state index contributed by atoms with van der Waals surface area (Å²) in [5, 5.41) is 4.00. The van der Waals surface area contributed by atoms with Crippen LogP contribution < -0.4 is 14.8 Å². The summed E-state index contributed by atoms with van der Waals surface area (Å²) in [5.41, 5.74) is 1.78. The lowest BCUT2D eigenvalue weighted by molar-refractivity contribution is -0.138. The van der Waals surface area contributed by atoms with E-state index in [4.69, 9.17) is 21.1 Å². The number of amides is 1. The highest BCUT2D eigenvalue weighted by atomic mass is 35.5. The molecule has 1 amide bonds. The first kappa shape index (κ1) is 24.0. The smallest absolute Gasteiger partial charge is 0.226 e. The van der Waals surface area contributed by atoms with Gasteiger partial charge in [-0.1, -0.05) is 29.8 Å². The minimum Gasteiger partial charge on any atom is -0.497 e. The van der Waals surface area contributed by atoms with Crippen molar-refractivity contribution in [2.45, 2.75) is 18.9 Å². The molecule has 1 aliphatic heterocycles. The molecular formula is C27H30ClN3O3. The van der Waals surface area contributed by atoms with E-state index in [1.54, 1.807) is 13.3 Å². The Bertz CT molecular complexity index is 1040. The van der Waals surface area contributed by atoms with Gasteiger partial charge < -0.3 is 19.7 Å². The van der Waals surface area contributed by atoms with Gasteiger partial charge in [-0.05, 0) is 80.0 Å². The monoisotopic (exact) mass is 479 g/mol. The van der Waals surface area contributed by atoms with Crippen molar-refractivity contribution >= 4 is 17.5 Å². The number of ether oxygens (including phenoxy) is 2. The van der Waals surface area contributed by atoms with E-state index in [0.29, 0.717) is 18.2 Å². The topological polar surface area (TPSA) is 63.7 Å². The summed E-state index contributed by atoms with van der Waals surface area (Å²) in [6, 6.07) is 20.6. The summed E-state index contributed by atoms with van der Waals surface area (Å²) < 4.78 is 11.2. The van der Waals surface area contributed by atoms with Crippen molar-refractivity contribution in [2.75, 3.05) is 33.4 Å². The number of hydrogen-bond acceptors (Lipinski definition) is 5. The number of benzene rings is 2. The molecule has 7 heteroatoms.